The molecule has 1 atom stereocenters. The number of halogens is 6. The van der Waals surface area contributed by atoms with Crippen molar-refractivity contribution in [2.75, 3.05) is 13.1 Å². The van der Waals surface area contributed by atoms with Crippen LogP contribution in [0.25, 0.3) is 0 Å². The summed E-state index contributed by atoms with van der Waals surface area (Å²) in [5.74, 6) is 0. The van der Waals surface area contributed by atoms with Gasteiger partial charge in [0.25, 0.3) is 0 Å². The lowest BCUT2D eigenvalue weighted by Crippen LogP contribution is -2.37. The van der Waals surface area contributed by atoms with Gasteiger partial charge < -0.3 is 4.90 Å². The van der Waals surface area contributed by atoms with Gasteiger partial charge in [0.2, 0.25) is 10.0 Å². The topological polar surface area (TPSA) is 73.2 Å². The van der Waals surface area contributed by atoms with Crippen molar-refractivity contribution in [3.8, 4) is 6.19 Å². The monoisotopic (exact) mass is 387 g/mol. The largest absolute Gasteiger partial charge is 0.417 e. The third kappa shape index (κ3) is 4.35. The molecule has 1 aliphatic rings. The van der Waals surface area contributed by atoms with E-state index in [0.717, 1.165) is 0 Å². The molecule has 1 saturated heterocycles. The standard InChI is InChI=1S/C13H11F6N3O2S/c14-12(15,16)8-1-2-10(13(17,18)19)11(5-8)25(23,24)21-9-3-4-22(6-9)7-20/h1-2,5,9,21H,3-4,6H2. The van der Waals surface area contributed by atoms with E-state index in [9.17, 15) is 34.8 Å². The van der Waals surface area contributed by atoms with E-state index in [-0.39, 0.29) is 37.7 Å². The SMILES string of the molecule is N#CN1CCC(NS(=O)(=O)c2cc(C(F)(F)F)ccc2C(F)(F)F)C1. The molecule has 1 aliphatic heterocycles. The molecule has 1 aromatic carbocycles. The van der Waals surface area contributed by atoms with Gasteiger partial charge in [0.1, 0.15) is 0 Å². The molecule has 0 bridgehead atoms. The summed E-state index contributed by atoms with van der Waals surface area (Å²) in [4.78, 5) is -0.311. The fourth-order valence-corrected chi connectivity index (χ4v) is 3.90. The number of alkyl halides is 6. The highest BCUT2D eigenvalue weighted by Crippen LogP contribution is 2.38. The molecule has 0 amide bonds. The van der Waals surface area contributed by atoms with E-state index >= 15 is 0 Å². The van der Waals surface area contributed by atoms with Crippen LogP contribution in [0.15, 0.2) is 23.1 Å². The third-order valence-corrected chi connectivity index (χ3v) is 5.12. The first-order valence-corrected chi connectivity index (χ1v) is 8.28. The van der Waals surface area contributed by atoms with Gasteiger partial charge in [0.05, 0.1) is 16.0 Å². The van der Waals surface area contributed by atoms with Crippen LogP contribution in [0, 0.1) is 11.5 Å². The molecule has 25 heavy (non-hydrogen) atoms. The zero-order chi connectivity index (χ0) is 19.0. The smallest absolute Gasteiger partial charge is 0.309 e. The van der Waals surface area contributed by atoms with Gasteiger partial charge >= 0.3 is 12.4 Å². The van der Waals surface area contributed by atoms with Crippen molar-refractivity contribution < 1.29 is 34.8 Å². The number of hydrogen-bond donors (Lipinski definition) is 1. The van der Waals surface area contributed by atoms with Gasteiger partial charge in [-0.3, -0.25) is 0 Å². The lowest BCUT2D eigenvalue weighted by molar-refractivity contribution is -0.143. The average Bonchev–Trinajstić information content (AvgIpc) is 2.91. The maximum absolute atomic E-state index is 13.0. The molecule has 1 N–H and O–H groups in total. The maximum Gasteiger partial charge on any atom is 0.417 e. The van der Waals surface area contributed by atoms with Crippen LogP contribution in [0.4, 0.5) is 26.3 Å². The van der Waals surface area contributed by atoms with Crippen LogP contribution in [-0.4, -0.2) is 32.4 Å². The molecule has 1 aromatic rings. The van der Waals surface area contributed by atoms with Crippen molar-refractivity contribution in [3.63, 3.8) is 0 Å². The fourth-order valence-electron chi connectivity index (χ4n) is 2.39. The Balaban J connectivity index is 2.45. The lowest BCUT2D eigenvalue weighted by atomic mass is 10.1. The lowest BCUT2D eigenvalue weighted by Gasteiger charge is -2.18. The Kier molecular flexibility index (Phi) is 4.93. The molecule has 5 nitrogen and oxygen atoms in total. The van der Waals surface area contributed by atoms with Crippen LogP contribution in [0.5, 0.6) is 0 Å². The molecule has 0 spiro atoms. The van der Waals surface area contributed by atoms with Gasteiger partial charge in [-0.1, -0.05) is 0 Å². The summed E-state index contributed by atoms with van der Waals surface area (Å²) in [6, 6.07) is -0.648. The molecule has 0 radical (unpaired) electrons. The van der Waals surface area contributed by atoms with Gasteiger partial charge in [0.15, 0.2) is 6.19 Å². The van der Waals surface area contributed by atoms with Crippen molar-refractivity contribution in [1.82, 2.24) is 9.62 Å². The third-order valence-electron chi connectivity index (χ3n) is 3.56. The highest BCUT2D eigenvalue weighted by atomic mass is 32.2. The van der Waals surface area contributed by atoms with Gasteiger partial charge in [-0.2, -0.15) is 31.6 Å². The first kappa shape index (κ1) is 19.3. The van der Waals surface area contributed by atoms with E-state index in [0.29, 0.717) is 0 Å². The zero-order valence-corrected chi connectivity index (χ0v) is 13.1. The van der Waals surface area contributed by atoms with Crippen LogP contribution >= 0.6 is 0 Å². The molecule has 0 saturated carbocycles. The molecular formula is C13H11F6N3O2S. The molecule has 0 aromatic heterocycles. The Hall–Kier alpha value is -2.00. The summed E-state index contributed by atoms with van der Waals surface area (Å²) in [5, 5.41) is 8.70. The number of nitrogens with one attached hydrogen (secondary N) is 1. The minimum atomic E-state index is -5.15. The van der Waals surface area contributed by atoms with Crippen LogP contribution in [0.2, 0.25) is 0 Å². The van der Waals surface area contributed by atoms with Crippen molar-refractivity contribution in [2.45, 2.75) is 29.7 Å². The minimum absolute atomic E-state index is 0.0395. The second kappa shape index (κ2) is 6.38. The summed E-state index contributed by atoms with van der Waals surface area (Å²) in [6.45, 7) is 0.119. The van der Waals surface area contributed by atoms with Gasteiger partial charge in [-0.15, -0.1) is 0 Å². The zero-order valence-electron chi connectivity index (χ0n) is 12.3. The van der Waals surface area contributed by atoms with E-state index in [1.807, 2.05) is 4.72 Å². The normalized spacial score (nSPS) is 19.1. The summed E-state index contributed by atoms with van der Waals surface area (Å²) in [7, 11) is -4.88. The van der Waals surface area contributed by atoms with Crippen LogP contribution in [-0.2, 0) is 22.4 Å². The van der Waals surface area contributed by atoms with Crippen molar-refractivity contribution >= 4 is 10.0 Å². The van der Waals surface area contributed by atoms with Gasteiger partial charge in [-0.05, 0) is 24.6 Å². The van der Waals surface area contributed by atoms with Crippen LogP contribution < -0.4 is 4.72 Å². The van der Waals surface area contributed by atoms with Crippen LogP contribution in [0.1, 0.15) is 17.5 Å². The molecule has 1 fully saturated rings. The first-order valence-electron chi connectivity index (χ1n) is 6.80. The minimum Gasteiger partial charge on any atom is -0.309 e. The van der Waals surface area contributed by atoms with Gasteiger partial charge in [0, 0.05) is 19.1 Å². The molecule has 2 rings (SSSR count). The van der Waals surface area contributed by atoms with E-state index < -0.39 is 44.4 Å². The molecular weight excluding hydrogens is 376 g/mol. The van der Waals surface area contributed by atoms with E-state index in [1.165, 1.54) is 4.90 Å². The molecule has 1 unspecified atom stereocenters. The first-order chi connectivity index (χ1) is 11.3. The number of nitrogens with zero attached hydrogens (tertiary/aromatic N) is 2. The Morgan fingerprint density at radius 1 is 1.16 bits per heavy atom. The summed E-state index contributed by atoms with van der Waals surface area (Å²) in [5.41, 5.74) is -3.20. The predicted octanol–water partition coefficient (Wildman–Crippen LogP) is 2.56. The summed E-state index contributed by atoms with van der Waals surface area (Å²) in [6.07, 6.45) is -8.25. The number of hydrogen-bond acceptors (Lipinski definition) is 4. The number of benzene rings is 1. The molecule has 1 heterocycles. The Morgan fingerprint density at radius 3 is 2.28 bits per heavy atom. The van der Waals surface area contributed by atoms with Crippen molar-refractivity contribution in [2.24, 2.45) is 0 Å². The average molecular weight is 387 g/mol. The molecule has 12 heteroatoms. The van der Waals surface area contributed by atoms with Crippen molar-refractivity contribution in [1.29, 1.82) is 5.26 Å². The Morgan fingerprint density at radius 2 is 1.80 bits per heavy atom. The summed E-state index contributed by atoms with van der Waals surface area (Å²) < 4.78 is 104. The Labute approximate surface area is 138 Å². The van der Waals surface area contributed by atoms with Crippen LogP contribution in [0.3, 0.4) is 0 Å². The Bertz CT molecular complexity index is 797. The second-order valence-electron chi connectivity index (χ2n) is 5.36. The van der Waals surface area contributed by atoms with Gasteiger partial charge in [-0.25, -0.2) is 13.1 Å². The number of rotatable bonds is 3. The van der Waals surface area contributed by atoms with E-state index in [1.54, 1.807) is 6.19 Å². The maximum atomic E-state index is 13.0. The number of sulfonamides is 1. The summed E-state index contributed by atoms with van der Waals surface area (Å²) >= 11 is 0. The number of likely N-dealkylation sites (tertiary alicyclic amines) is 1. The second-order valence-corrected chi connectivity index (χ2v) is 7.04. The molecule has 138 valence electrons. The number of nitriles is 1. The quantitative estimate of drug-likeness (QED) is 0.639. The highest BCUT2D eigenvalue weighted by molar-refractivity contribution is 7.89. The van der Waals surface area contributed by atoms with E-state index in [4.69, 9.17) is 5.26 Å². The predicted molar refractivity (Wildman–Crippen MR) is 72.4 cm³/mol. The highest BCUT2D eigenvalue weighted by Gasteiger charge is 2.41. The van der Waals surface area contributed by atoms with E-state index in [2.05, 4.69) is 0 Å². The fraction of sp³-hybridized carbons (Fsp3) is 0.462. The van der Waals surface area contributed by atoms with Crippen molar-refractivity contribution in [3.05, 3.63) is 29.3 Å². The molecule has 0 aliphatic carbocycles.